The summed E-state index contributed by atoms with van der Waals surface area (Å²) in [4.78, 5) is 22.8. The van der Waals surface area contributed by atoms with Crippen LogP contribution < -0.4 is 5.32 Å². The molecule has 0 aliphatic heterocycles. The predicted octanol–water partition coefficient (Wildman–Crippen LogP) is 1.97. The quantitative estimate of drug-likeness (QED) is 0.666. The van der Waals surface area contributed by atoms with Crippen molar-refractivity contribution in [3.05, 3.63) is 66.0 Å². The van der Waals surface area contributed by atoms with Gasteiger partial charge < -0.3 is 5.32 Å². The maximum absolute atomic E-state index is 13.1. The predicted molar refractivity (Wildman–Crippen MR) is 99.2 cm³/mol. The van der Waals surface area contributed by atoms with Crippen molar-refractivity contribution in [2.45, 2.75) is 12.5 Å². The lowest BCUT2D eigenvalue weighted by molar-refractivity contribution is -0.125. The number of amides is 1. The van der Waals surface area contributed by atoms with Crippen LogP contribution in [-0.4, -0.2) is 51.6 Å². The highest BCUT2D eigenvalue weighted by atomic mass is 19.1. The third-order valence-corrected chi connectivity index (χ3v) is 4.06. The number of aromatic nitrogens is 4. The second-order valence-corrected chi connectivity index (χ2v) is 6.31. The first kappa shape index (κ1) is 18.7. The lowest BCUT2D eigenvalue weighted by Crippen LogP contribution is -2.38. The van der Waals surface area contributed by atoms with Crippen molar-refractivity contribution in [3.8, 4) is 11.4 Å². The molecule has 2 aromatic heterocycles. The Kier molecular flexibility index (Phi) is 5.87. The third kappa shape index (κ3) is 4.73. The first-order valence-corrected chi connectivity index (χ1v) is 8.56. The molecule has 0 fully saturated rings. The van der Waals surface area contributed by atoms with Crippen molar-refractivity contribution < 1.29 is 9.18 Å². The number of nitrogens with zero attached hydrogens (tertiary/aromatic N) is 4. The van der Waals surface area contributed by atoms with E-state index in [9.17, 15) is 9.18 Å². The molecular formula is C19H21FN6O. The molecule has 0 saturated heterocycles. The number of hydrogen-bond acceptors (Lipinski definition) is 5. The number of pyridine rings is 1. The fourth-order valence-corrected chi connectivity index (χ4v) is 2.76. The Morgan fingerprint density at radius 2 is 2.04 bits per heavy atom. The number of aromatic amines is 1. The molecular weight excluding hydrogens is 347 g/mol. The molecule has 0 saturated carbocycles. The third-order valence-electron chi connectivity index (χ3n) is 4.06. The monoisotopic (exact) mass is 368 g/mol. The van der Waals surface area contributed by atoms with Crippen molar-refractivity contribution in [1.29, 1.82) is 0 Å². The van der Waals surface area contributed by atoms with Gasteiger partial charge >= 0.3 is 0 Å². The Labute approximate surface area is 156 Å². The minimum absolute atomic E-state index is 0.154. The molecule has 1 atom stereocenters. The van der Waals surface area contributed by atoms with Gasteiger partial charge in [-0.15, -0.1) is 0 Å². The molecule has 3 aromatic rings. The van der Waals surface area contributed by atoms with E-state index in [-0.39, 0.29) is 11.7 Å². The molecule has 2 heterocycles. The molecule has 0 bridgehead atoms. The zero-order chi connectivity index (χ0) is 19.2. The zero-order valence-corrected chi connectivity index (χ0v) is 15.2. The van der Waals surface area contributed by atoms with Crippen LogP contribution in [0, 0.1) is 5.82 Å². The lowest BCUT2D eigenvalue weighted by Gasteiger charge is -2.23. The Morgan fingerprint density at radius 3 is 2.70 bits per heavy atom. The second kappa shape index (κ2) is 8.50. The minimum atomic E-state index is -0.494. The lowest BCUT2D eigenvalue weighted by atomic mass is 10.1. The number of likely N-dealkylation sites (N-methyl/N-ethyl adjacent to an activating group) is 1. The molecule has 2 N–H and O–H groups in total. The van der Waals surface area contributed by atoms with Gasteiger partial charge in [0, 0.05) is 30.9 Å². The van der Waals surface area contributed by atoms with Gasteiger partial charge in [-0.3, -0.25) is 19.8 Å². The smallest absolute Gasteiger partial charge is 0.241 e. The number of benzene rings is 1. The number of nitrogens with one attached hydrogen (secondary N) is 2. The summed E-state index contributed by atoms with van der Waals surface area (Å²) < 4.78 is 13.1. The first-order valence-electron chi connectivity index (χ1n) is 8.56. The summed E-state index contributed by atoms with van der Waals surface area (Å²) in [7, 11) is 3.62. The van der Waals surface area contributed by atoms with Gasteiger partial charge in [0.05, 0.1) is 0 Å². The van der Waals surface area contributed by atoms with E-state index in [2.05, 4.69) is 25.5 Å². The van der Waals surface area contributed by atoms with Gasteiger partial charge in [0.2, 0.25) is 5.91 Å². The van der Waals surface area contributed by atoms with Crippen molar-refractivity contribution >= 4 is 5.91 Å². The molecule has 0 aliphatic carbocycles. The summed E-state index contributed by atoms with van der Waals surface area (Å²) >= 11 is 0. The number of hydrogen-bond donors (Lipinski definition) is 2. The van der Waals surface area contributed by atoms with Gasteiger partial charge in [-0.1, -0.05) is 12.1 Å². The van der Waals surface area contributed by atoms with E-state index in [0.717, 1.165) is 11.1 Å². The molecule has 1 aromatic carbocycles. The topological polar surface area (TPSA) is 86.8 Å². The molecule has 140 valence electrons. The van der Waals surface area contributed by atoms with E-state index in [1.807, 2.05) is 26.2 Å². The van der Waals surface area contributed by atoms with Gasteiger partial charge in [-0.25, -0.2) is 9.37 Å². The molecule has 0 spiro atoms. The highest BCUT2D eigenvalue weighted by molar-refractivity contribution is 5.83. The fraction of sp³-hybridized carbons (Fsp3) is 0.263. The van der Waals surface area contributed by atoms with Gasteiger partial charge in [0.15, 0.2) is 5.82 Å². The summed E-state index contributed by atoms with van der Waals surface area (Å²) in [6.45, 7) is 0.409. The van der Waals surface area contributed by atoms with Crippen LogP contribution in [-0.2, 0) is 11.2 Å². The summed E-state index contributed by atoms with van der Waals surface area (Å²) in [6, 6.07) is 9.16. The SMILES string of the molecule is CN(C)[C@H](C(=O)NCCc1nc(-c2cccnc2)n[nH]1)c1ccc(F)cc1. The molecule has 8 heteroatoms. The van der Waals surface area contributed by atoms with Crippen LogP contribution in [0.15, 0.2) is 48.8 Å². The summed E-state index contributed by atoms with van der Waals surface area (Å²) in [6.07, 6.45) is 3.90. The number of H-pyrrole nitrogens is 1. The summed E-state index contributed by atoms with van der Waals surface area (Å²) in [5, 5.41) is 9.95. The Hall–Kier alpha value is -3.13. The molecule has 27 heavy (non-hydrogen) atoms. The first-order chi connectivity index (χ1) is 13.0. The molecule has 7 nitrogen and oxygen atoms in total. The largest absolute Gasteiger partial charge is 0.354 e. The average molecular weight is 368 g/mol. The van der Waals surface area contributed by atoms with Gasteiger partial charge in [-0.2, -0.15) is 5.10 Å². The van der Waals surface area contributed by atoms with Crippen molar-refractivity contribution in [2.75, 3.05) is 20.6 Å². The van der Waals surface area contributed by atoms with Crippen LogP contribution in [0.2, 0.25) is 0 Å². The van der Waals surface area contributed by atoms with E-state index in [4.69, 9.17) is 0 Å². The van der Waals surface area contributed by atoms with E-state index in [1.165, 1.54) is 12.1 Å². The van der Waals surface area contributed by atoms with Crippen LogP contribution in [0.5, 0.6) is 0 Å². The zero-order valence-electron chi connectivity index (χ0n) is 15.2. The Bertz CT molecular complexity index is 879. The van der Waals surface area contributed by atoms with Crippen molar-refractivity contribution in [2.24, 2.45) is 0 Å². The van der Waals surface area contributed by atoms with Crippen molar-refractivity contribution in [1.82, 2.24) is 30.4 Å². The number of carbonyl (C=O) groups excluding carboxylic acids is 1. The Balaban J connectivity index is 1.58. The van der Waals surface area contributed by atoms with E-state index < -0.39 is 6.04 Å². The second-order valence-electron chi connectivity index (χ2n) is 6.31. The van der Waals surface area contributed by atoms with E-state index in [1.54, 1.807) is 29.4 Å². The van der Waals surface area contributed by atoms with Crippen LogP contribution in [0.1, 0.15) is 17.4 Å². The standard InChI is InChI=1S/C19H21FN6O/c1-26(2)17(13-5-7-15(20)8-6-13)19(27)22-11-9-16-23-18(25-24-16)14-4-3-10-21-12-14/h3-8,10,12,17H,9,11H2,1-2H3,(H,22,27)(H,23,24,25)/t17-/m0/s1. The van der Waals surface area contributed by atoms with Crippen LogP contribution >= 0.6 is 0 Å². The molecule has 0 unspecified atom stereocenters. The maximum Gasteiger partial charge on any atom is 0.241 e. The van der Waals surface area contributed by atoms with Gasteiger partial charge in [0.1, 0.15) is 17.7 Å². The summed E-state index contributed by atoms with van der Waals surface area (Å²) in [5.41, 5.74) is 1.56. The maximum atomic E-state index is 13.1. The van der Waals surface area contributed by atoms with Crippen molar-refractivity contribution in [3.63, 3.8) is 0 Å². The highest BCUT2D eigenvalue weighted by Crippen LogP contribution is 2.19. The Morgan fingerprint density at radius 1 is 1.26 bits per heavy atom. The van der Waals surface area contributed by atoms with Gasteiger partial charge in [-0.05, 0) is 43.9 Å². The number of halogens is 1. The van der Waals surface area contributed by atoms with Crippen LogP contribution in [0.4, 0.5) is 4.39 Å². The minimum Gasteiger partial charge on any atom is -0.354 e. The van der Waals surface area contributed by atoms with E-state index in [0.29, 0.717) is 24.6 Å². The number of rotatable bonds is 7. The number of carbonyl (C=O) groups is 1. The average Bonchev–Trinajstić information content (AvgIpc) is 3.13. The van der Waals surface area contributed by atoms with Gasteiger partial charge in [0.25, 0.3) is 0 Å². The highest BCUT2D eigenvalue weighted by Gasteiger charge is 2.22. The summed E-state index contributed by atoms with van der Waals surface area (Å²) in [5.74, 6) is 0.768. The molecule has 1 amide bonds. The molecule has 0 aliphatic rings. The van der Waals surface area contributed by atoms with E-state index >= 15 is 0 Å². The molecule has 3 rings (SSSR count). The normalized spacial score (nSPS) is 12.1. The molecule has 0 radical (unpaired) electrons. The van der Waals surface area contributed by atoms with Crippen LogP contribution in [0.3, 0.4) is 0 Å². The fourth-order valence-electron chi connectivity index (χ4n) is 2.76. The van der Waals surface area contributed by atoms with Crippen LogP contribution in [0.25, 0.3) is 11.4 Å².